The quantitative estimate of drug-likeness (QED) is 0.765. The van der Waals surface area contributed by atoms with Gasteiger partial charge in [0.25, 0.3) is 0 Å². The molecule has 0 spiro atoms. The number of alkyl carbamates (subject to hydrolysis) is 1. The highest BCUT2D eigenvalue weighted by molar-refractivity contribution is 5.67. The van der Waals surface area contributed by atoms with Crippen LogP contribution < -0.4 is 5.32 Å². The fraction of sp³-hybridized carbons (Fsp3) is 0.917. The van der Waals surface area contributed by atoms with Crippen molar-refractivity contribution in [2.45, 2.75) is 43.7 Å². The van der Waals surface area contributed by atoms with Gasteiger partial charge in [0.05, 0.1) is 12.7 Å². The summed E-state index contributed by atoms with van der Waals surface area (Å²) in [5.41, 5.74) is -0.486. The lowest BCUT2D eigenvalue weighted by molar-refractivity contribution is 0.0153. The van der Waals surface area contributed by atoms with Gasteiger partial charge in [0.2, 0.25) is 0 Å². The molecular weight excluding hydrogens is 220 g/mol. The Hall–Kier alpha value is -0.810. The van der Waals surface area contributed by atoms with Gasteiger partial charge >= 0.3 is 6.09 Å². The molecule has 0 aromatic carbocycles. The summed E-state index contributed by atoms with van der Waals surface area (Å²) in [6, 6.07) is 0.160. The van der Waals surface area contributed by atoms with E-state index >= 15 is 0 Å². The van der Waals surface area contributed by atoms with Gasteiger partial charge in [-0.3, -0.25) is 4.90 Å². The molecule has 1 saturated heterocycles. The van der Waals surface area contributed by atoms with Crippen LogP contribution in [0.5, 0.6) is 0 Å². The summed E-state index contributed by atoms with van der Waals surface area (Å²) in [6.45, 7) is 2.50. The monoisotopic (exact) mass is 242 g/mol. The molecule has 5 heteroatoms. The highest BCUT2D eigenvalue weighted by Crippen LogP contribution is 2.31. The molecule has 0 aromatic heterocycles. The zero-order chi connectivity index (χ0) is 12.3. The number of carbonyl (C=O) groups is 1. The number of nitrogens with zero attached hydrogens (tertiary/aromatic N) is 1. The van der Waals surface area contributed by atoms with Crippen LogP contribution in [-0.2, 0) is 4.74 Å². The van der Waals surface area contributed by atoms with E-state index in [1.54, 1.807) is 0 Å². The van der Waals surface area contributed by atoms with Gasteiger partial charge < -0.3 is 15.2 Å². The lowest BCUT2D eigenvalue weighted by atomic mass is 10.0. The molecule has 1 heterocycles. The van der Waals surface area contributed by atoms with Crippen molar-refractivity contribution in [3.05, 3.63) is 0 Å². The number of nitrogens with one attached hydrogen (secondary N) is 1. The second kappa shape index (κ2) is 5.23. The summed E-state index contributed by atoms with van der Waals surface area (Å²) in [4.78, 5) is 13.3. The van der Waals surface area contributed by atoms with Gasteiger partial charge in [-0.2, -0.15) is 0 Å². The molecule has 5 nitrogen and oxygen atoms in total. The van der Waals surface area contributed by atoms with Gasteiger partial charge in [0, 0.05) is 25.7 Å². The van der Waals surface area contributed by atoms with Gasteiger partial charge in [0.15, 0.2) is 0 Å². The Bertz CT molecular complexity index is 277. The maximum Gasteiger partial charge on any atom is 0.407 e. The number of aliphatic hydroxyl groups is 1. The molecule has 2 N–H and O–H groups in total. The predicted octanol–water partition coefficient (Wildman–Crippen LogP) is 0.722. The van der Waals surface area contributed by atoms with Crippen LogP contribution in [0.2, 0.25) is 0 Å². The first kappa shape index (κ1) is 12.6. The molecule has 17 heavy (non-hydrogen) atoms. The van der Waals surface area contributed by atoms with E-state index in [4.69, 9.17) is 0 Å². The Morgan fingerprint density at radius 2 is 2.24 bits per heavy atom. The smallest absolute Gasteiger partial charge is 0.407 e. The Morgan fingerprint density at radius 3 is 2.88 bits per heavy atom. The van der Waals surface area contributed by atoms with Crippen LogP contribution in [0.1, 0.15) is 32.1 Å². The second-order valence-electron chi connectivity index (χ2n) is 5.29. The number of ether oxygens (including phenoxy) is 1. The average Bonchev–Trinajstić information content (AvgIpc) is 2.89. The molecule has 98 valence electrons. The Kier molecular flexibility index (Phi) is 3.89. The highest BCUT2D eigenvalue weighted by atomic mass is 16.5. The number of amides is 1. The number of hydrogen-bond acceptors (Lipinski definition) is 4. The number of carbonyl (C=O) groups excluding carboxylic acids is 1. The molecule has 1 atom stereocenters. The van der Waals surface area contributed by atoms with Crippen molar-refractivity contribution < 1.29 is 14.6 Å². The summed E-state index contributed by atoms with van der Waals surface area (Å²) < 4.78 is 4.58. The van der Waals surface area contributed by atoms with Crippen molar-refractivity contribution in [3.8, 4) is 0 Å². The average molecular weight is 242 g/mol. The van der Waals surface area contributed by atoms with Crippen molar-refractivity contribution >= 4 is 6.09 Å². The molecule has 0 bridgehead atoms. The Labute approximate surface area is 102 Å². The van der Waals surface area contributed by atoms with Crippen molar-refractivity contribution in [2.75, 3.05) is 26.7 Å². The van der Waals surface area contributed by atoms with Crippen molar-refractivity contribution in [1.82, 2.24) is 10.2 Å². The summed E-state index contributed by atoms with van der Waals surface area (Å²) in [5, 5.41) is 13.1. The molecule has 1 unspecified atom stereocenters. The predicted molar refractivity (Wildman–Crippen MR) is 63.8 cm³/mol. The molecule has 2 rings (SSSR count). The third-order valence-electron chi connectivity index (χ3n) is 3.83. The molecule has 1 aliphatic heterocycles. The van der Waals surface area contributed by atoms with Gasteiger partial charge in [-0.1, -0.05) is 12.8 Å². The number of hydrogen-bond donors (Lipinski definition) is 2. The largest absolute Gasteiger partial charge is 0.453 e. The topological polar surface area (TPSA) is 61.8 Å². The van der Waals surface area contributed by atoms with E-state index in [-0.39, 0.29) is 12.1 Å². The molecule has 2 fully saturated rings. The van der Waals surface area contributed by atoms with E-state index in [9.17, 15) is 9.90 Å². The molecular formula is C12H22N2O3. The van der Waals surface area contributed by atoms with Crippen LogP contribution in [-0.4, -0.2) is 54.5 Å². The van der Waals surface area contributed by atoms with E-state index in [2.05, 4.69) is 15.0 Å². The number of methoxy groups -OCH3 is 1. The number of rotatable bonds is 3. The molecule has 1 amide bonds. The summed E-state index contributed by atoms with van der Waals surface area (Å²) in [6.07, 6.45) is 4.67. The van der Waals surface area contributed by atoms with E-state index in [1.165, 1.54) is 7.11 Å². The van der Waals surface area contributed by atoms with Crippen LogP contribution in [0.4, 0.5) is 4.79 Å². The van der Waals surface area contributed by atoms with Crippen molar-refractivity contribution in [3.63, 3.8) is 0 Å². The second-order valence-corrected chi connectivity index (χ2v) is 5.29. The third-order valence-corrected chi connectivity index (χ3v) is 3.83. The Balaban J connectivity index is 1.76. The van der Waals surface area contributed by atoms with Gasteiger partial charge in [-0.15, -0.1) is 0 Å². The highest BCUT2D eigenvalue weighted by Gasteiger charge is 2.35. The molecule has 2 aliphatic rings. The normalized spacial score (nSPS) is 28.2. The minimum atomic E-state index is -0.486. The summed E-state index contributed by atoms with van der Waals surface area (Å²) in [5.74, 6) is 0. The molecule has 1 saturated carbocycles. The maximum absolute atomic E-state index is 11.1. The fourth-order valence-electron chi connectivity index (χ4n) is 2.93. The summed E-state index contributed by atoms with van der Waals surface area (Å²) >= 11 is 0. The zero-order valence-electron chi connectivity index (χ0n) is 10.4. The van der Waals surface area contributed by atoms with Crippen molar-refractivity contribution in [2.24, 2.45) is 0 Å². The lowest BCUT2D eigenvalue weighted by Gasteiger charge is -2.28. The van der Waals surface area contributed by atoms with Crippen LogP contribution in [0.15, 0.2) is 0 Å². The SMILES string of the molecule is COC(=O)NC1CCN(CC2(O)CCCC2)C1. The van der Waals surface area contributed by atoms with Crippen LogP contribution in [0, 0.1) is 0 Å². The number of likely N-dealkylation sites (tertiary alicyclic amines) is 1. The first-order chi connectivity index (χ1) is 8.11. The molecule has 1 aliphatic carbocycles. The first-order valence-corrected chi connectivity index (χ1v) is 6.40. The van der Waals surface area contributed by atoms with Crippen molar-refractivity contribution in [1.29, 1.82) is 0 Å². The van der Waals surface area contributed by atoms with Crippen LogP contribution in [0.3, 0.4) is 0 Å². The number of β-amino-alcohol motifs (C(OH)–C–C–N with tert-alkyl or cyclic N) is 1. The van der Waals surface area contributed by atoms with Crippen LogP contribution in [0.25, 0.3) is 0 Å². The van der Waals surface area contributed by atoms with E-state index in [0.717, 1.165) is 51.7 Å². The maximum atomic E-state index is 11.1. The standard InChI is InChI=1S/C12H22N2O3/c1-17-11(15)13-10-4-7-14(8-10)9-12(16)5-2-3-6-12/h10,16H,2-9H2,1H3,(H,13,15). The first-order valence-electron chi connectivity index (χ1n) is 6.40. The van der Waals surface area contributed by atoms with Gasteiger partial charge in [-0.25, -0.2) is 4.79 Å². The minimum Gasteiger partial charge on any atom is -0.453 e. The zero-order valence-corrected chi connectivity index (χ0v) is 10.4. The van der Waals surface area contributed by atoms with Gasteiger partial charge in [0.1, 0.15) is 0 Å². The van der Waals surface area contributed by atoms with E-state index in [1.807, 2.05) is 0 Å². The lowest BCUT2D eigenvalue weighted by Crippen LogP contribution is -2.42. The molecule has 0 aromatic rings. The Morgan fingerprint density at radius 1 is 1.53 bits per heavy atom. The third kappa shape index (κ3) is 3.33. The van der Waals surface area contributed by atoms with Crippen LogP contribution >= 0.6 is 0 Å². The summed E-state index contributed by atoms with van der Waals surface area (Å²) in [7, 11) is 1.38. The molecule has 0 radical (unpaired) electrons. The van der Waals surface area contributed by atoms with Gasteiger partial charge in [-0.05, 0) is 19.3 Å². The minimum absolute atomic E-state index is 0.160. The van der Waals surface area contributed by atoms with E-state index in [0.29, 0.717) is 0 Å². The van der Waals surface area contributed by atoms with E-state index < -0.39 is 5.60 Å². The fourth-order valence-corrected chi connectivity index (χ4v) is 2.93.